The van der Waals surface area contributed by atoms with Crippen molar-refractivity contribution in [2.45, 2.75) is 39.7 Å². The molecule has 2 rings (SSSR count). The molecule has 0 aliphatic carbocycles. The van der Waals surface area contributed by atoms with Gasteiger partial charge in [-0.2, -0.15) is 0 Å². The Kier molecular flexibility index (Phi) is 4.25. The van der Waals surface area contributed by atoms with Crippen LogP contribution in [0.1, 0.15) is 36.9 Å². The largest absolute Gasteiger partial charge is 0.315 e. The SMILES string of the molecule is CNCc1sc(-c2ccc(F)cc2C)nc1C(C)(C)C. The summed E-state index contributed by atoms with van der Waals surface area (Å²) in [7, 11) is 1.94. The molecule has 2 nitrogen and oxygen atoms in total. The lowest BCUT2D eigenvalue weighted by Crippen LogP contribution is -2.16. The van der Waals surface area contributed by atoms with E-state index in [1.165, 1.54) is 10.9 Å². The Morgan fingerprint density at radius 1 is 1.30 bits per heavy atom. The fourth-order valence-corrected chi connectivity index (χ4v) is 3.57. The average Bonchev–Trinajstić information content (AvgIpc) is 2.73. The normalized spacial score (nSPS) is 11.9. The summed E-state index contributed by atoms with van der Waals surface area (Å²) >= 11 is 1.69. The maximum Gasteiger partial charge on any atom is 0.124 e. The summed E-state index contributed by atoms with van der Waals surface area (Å²) in [4.78, 5) is 6.07. The van der Waals surface area contributed by atoms with E-state index < -0.39 is 0 Å². The lowest BCUT2D eigenvalue weighted by Gasteiger charge is -2.17. The van der Waals surface area contributed by atoms with Crippen molar-refractivity contribution < 1.29 is 4.39 Å². The van der Waals surface area contributed by atoms with Crippen molar-refractivity contribution in [1.82, 2.24) is 10.3 Å². The van der Waals surface area contributed by atoms with Gasteiger partial charge in [0.25, 0.3) is 0 Å². The number of hydrogen-bond acceptors (Lipinski definition) is 3. The van der Waals surface area contributed by atoms with Crippen molar-refractivity contribution in [2.24, 2.45) is 0 Å². The number of nitrogens with zero attached hydrogens (tertiary/aromatic N) is 1. The zero-order valence-electron chi connectivity index (χ0n) is 12.7. The molecular weight excluding hydrogens is 271 g/mol. The molecule has 1 aromatic carbocycles. The molecule has 0 bridgehead atoms. The molecule has 0 atom stereocenters. The predicted molar refractivity (Wildman–Crippen MR) is 83.7 cm³/mol. The number of nitrogens with one attached hydrogen (secondary N) is 1. The maximum absolute atomic E-state index is 13.2. The first-order valence-electron chi connectivity index (χ1n) is 6.74. The first-order valence-corrected chi connectivity index (χ1v) is 7.56. The molecule has 108 valence electrons. The van der Waals surface area contributed by atoms with E-state index in [-0.39, 0.29) is 11.2 Å². The molecule has 0 amide bonds. The molecule has 0 radical (unpaired) electrons. The van der Waals surface area contributed by atoms with Gasteiger partial charge in [-0.25, -0.2) is 9.37 Å². The number of hydrogen-bond donors (Lipinski definition) is 1. The molecule has 1 heterocycles. The van der Waals surface area contributed by atoms with Crippen LogP contribution >= 0.6 is 11.3 Å². The van der Waals surface area contributed by atoms with E-state index in [2.05, 4.69) is 26.1 Å². The van der Waals surface area contributed by atoms with E-state index in [1.807, 2.05) is 20.0 Å². The molecule has 0 unspecified atom stereocenters. The van der Waals surface area contributed by atoms with Crippen molar-refractivity contribution in [2.75, 3.05) is 7.05 Å². The summed E-state index contributed by atoms with van der Waals surface area (Å²) < 4.78 is 13.2. The van der Waals surface area contributed by atoms with Crippen LogP contribution in [-0.2, 0) is 12.0 Å². The smallest absolute Gasteiger partial charge is 0.124 e. The van der Waals surface area contributed by atoms with Gasteiger partial charge in [0.05, 0.1) is 5.69 Å². The number of aromatic nitrogens is 1. The summed E-state index contributed by atoms with van der Waals surface area (Å²) in [5.41, 5.74) is 3.07. The van der Waals surface area contributed by atoms with E-state index in [1.54, 1.807) is 17.4 Å². The molecule has 0 saturated heterocycles. The average molecular weight is 292 g/mol. The van der Waals surface area contributed by atoms with E-state index in [0.717, 1.165) is 28.4 Å². The maximum atomic E-state index is 13.2. The minimum absolute atomic E-state index is 0.00880. The van der Waals surface area contributed by atoms with Gasteiger partial charge < -0.3 is 5.32 Å². The van der Waals surface area contributed by atoms with Gasteiger partial charge in [0.1, 0.15) is 10.8 Å². The van der Waals surface area contributed by atoms with Crippen LogP contribution in [0.5, 0.6) is 0 Å². The van der Waals surface area contributed by atoms with Crippen LogP contribution < -0.4 is 5.32 Å². The number of rotatable bonds is 3. The highest BCUT2D eigenvalue weighted by atomic mass is 32.1. The molecule has 4 heteroatoms. The Bertz CT molecular complexity index is 611. The van der Waals surface area contributed by atoms with Gasteiger partial charge in [-0.15, -0.1) is 11.3 Å². The third-order valence-electron chi connectivity index (χ3n) is 3.16. The summed E-state index contributed by atoms with van der Waals surface area (Å²) in [5, 5.41) is 4.17. The van der Waals surface area contributed by atoms with Crippen LogP contribution in [0.4, 0.5) is 4.39 Å². The molecule has 0 aliphatic heterocycles. The second kappa shape index (κ2) is 5.62. The minimum Gasteiger partial charge on any atom is -0.315 e. The highest BCUT2D eigenvalue weighted by Crippen LogP contribution is 2.35. The highest BCUT2D eigenvalue weighted by Gasteiger charge is 2.23. The van der Waals surface area contributed by atoms with Gasteiger partial charge in [0, 0.05) is 22.4 Å². The van der Waals surface area contributed by atoms with E-state index in [4.69, 9.17) is 4.98 Å². The fourth-order valence-electron chi connectivity index (χ4n) is 2.20. The number of aryl methyl sites for hydroxylation is 1. The molecule has 2 aromatic rings. The second-order valence-electron chi connectivity index (χ2n) is 6.03. The van der Waals surface area contributed by atoms with Crippen molar-refractivity contribution >= 4 is 11.3 Å². The van der Waals surface area contributed by atoms with Crippen LogP contribution in [0.15, 0.2) is 18.2 Å². The summed E-state index contributed by atoms with van der Waals surface area (Å²) in [6.07, 6.45) is 0. The molecule has 20 heavy (non-hydrogen) atoms. The molecule has 0 saturated carbocycles. The Morgan fingerprint density at radius 2 is 2.00 bits per heavy atom. The minimum atomic E-state index is -0.200. The van der Waals surface area contributed by atoms with Crippen molar-refractivity contribution in [3.05, 3.63) is 40.2 Å². The van der Waals surface area contributed by atoms with E-state index in [0.29, 0.717) is 0 Å². The monoisotopic (exact) mass is 292 g/mol. The fraction of sp³-hybridized carbons (Fsp3) is 0.438. The van der Waals surface area contributed by atoms with Crippen LogP contribution in [0.25, 0.3) is 10.6 Å². The standard InChI is InChI=1S/C16H21FN2S/c1-10-8-11(17)6-7-12(10)15-19-14(16(2,3)4)13(20-15)9-18-5/h6-8,18H,9H2,1-5H3. The van der Waals surface area contributed by atoms with Crippen LogP contribution in [-0.4, -0.2) is 12.0 Å². The Labute approximate surface area is 124 Å². The van der Waals surface area contributed by atoms with E-state index in [9.17, 15) is 4.39 Å². The van der Waals surface area contributed by atoms with Crippen LogP contribution in [0.3, 0.4) is 0 Å². The Morgan fingerprint density at radius 3 is 2.55 bits per heavy atom. The lowest BCUT2D eigenvalue weighted by atomic mass is 9.91. The number of halogens is 1. The quantitative estimate of drug-likeness (QED) is 0.913. The molecule has 1 N–H and O–H groups in total. The van der Waals surface area contributed by atoms with Crippen molar-refractivity contribution in [3.63, 3.8) is 0 Å². The number of benzene rings is 1. The zero-order valence-corrected chi connectivity index (χ0v) is 13.5. The summed E-state index contributed by atoms with van der Waals surface area (Å²) in [6.45, 7) is 9.24. The Balaban J connectivity index is 2.53. The van der Waals surface area contributed by atoms with Crippen LogP contribution in [0.2, 0.25) is 0 Å². The van der Waals surface area contributed by atoms with Gasteiger partial charge in [-0.1, -0.05) is 20.8 Å². The van der Waals surface area contributed by atoms with Gasteiger partial charge in [0.2, 0.25) is 0 Å². The second-order valence-corrected chi connectivity index (χ2v) is 7.11. The molecule has 1 aromatic heterocycles. The third kappa shape index (κ3) is 3.07. The third-order valence-corrected chi connectivity index (χ3v) is 4.25. The van der Waals surface area contributed by atoms with Gasteiger partial charge in [0.15, 0.2) is 0 Å². The summed E-state index contributed by atoms with van der Waals surface area (Å²) in [6, 6.07) is 4.88. The number of thiazole rings is 1. The van der Waals surface area contributed by atoms with Crippen molar-refractivity contribution in [3.8, 4) is 10.6 Å². The van der Waals surface area contributed by atoms with Crippen molar-refractivity contribution in [1.29, 1.82) is 0 Å². The zero-order chi connectivity index (χ0) is 14.9. The highest BCUT2D eigenvalue weighted by molar-refractivity contribution is 7.15. The first kappa shape index (κ1) is 15.1. The Hall–Kier alpha value is -1.26. The van der Waals surface area contributed by atoms with Gasteiger partial charge >= 0.3 is 0 Å². The lowest BCUT2D eigenvalue weighted by molar-refractivity contribution is 0.563. The molecule has 0 spiro atoms. The topological polar surface area (TPSA) is 24.9 Å². The molecule has 0 aliphatic rings. The first-order chi connectivity index (χ1) is 9.32. The van der Waals surface area contributed by atoms with Crippen LogP contribution in [0, 0.1) is 12.7 Å². The summed E-state index contributed by atoms with van der Waals surface area (Å²) in [5.74, 6) is -0.200. The molecular formula is C16H21FN2S. The van der Waals surface area contributed by atoms with Gasteiger partial charge in [-0.05, 0) is 37.7 Å². The van der Waals surface area contributed by atoms with E-state index >= 15 is 0 Å². The molecule has 0 fully saturated rings. The predicted octanol–water partition coefficient (Wildman–Crippen LogP) is 4.27. The van der Waals surface area contributed by atoms with Gasteiger partial charge in [-0.3, -0.25) is 0 Å².